The lowest BCUT2D eigenvalue weighted by atomic mass is 10.1. The number of aromatic nitrogens is 2. The van der Waals surface area contributed by atoms with Crippen LogP contribution in [0.25, 0.3) is 0 Å². The first-order chi connectivity index (χ1) is 8.15. The van der Waals surface area contributed by atoms with E-state index in [0.717, 1.165) is 6.54 Å². The van der Waals surface area contributed by atoms with Gasteiger partial charge in [0.2, 0.25) is 0 Å². The molecule has 0 spiro atoms. The van der Waals surface area contributed by atoms with E-state index >= 15 is 0 Å². The summed E-state index contributed by atoms with van der Waals surface area (Å²) in [7, 11) is 0. The van der Waals surface area contributed by atoms with Gasteiger partial charge in [-0.1, -0.05) is 23.7 Å². The minimum Gasteiger partial charge on any atom is -0.334 e. The lowest BCUT2D eigenvalue weighted by Gasteiger charge is -2.14. The molecule has 0 aliphatic carbocycles. The van der Waals surface area contributed by atoms with Gasteiger partial charge in [-0.3, -0.25) is 0 Å². The second kappa shape index (κ2) is 4.85. The minimum absolute atomic E-state index is 0.0764. The van der Waals surface area contributed by atoms with Gasteiger partial charge in [0.15, 0.2) is 0 Å². The fraction of sp³-hybridized carbons (Fsp3) is 0.250. The standard InChI is InChI=1S/C12H13ClFN3/c1-2-17-7-6-16-12(17)11(15)8-4-3-5-9(13)10(8)14/h3-7,11H,2,15H2,1H3. The zero-order valence-corrected chi connectivity index (χ0v) is 10.2. The molecule has 0 aliphatic heterocycles. The van der Waals surface area contributed by atoms with E-state index in [9.17, 15) is 4.39 Å². The molecule has 1 unspecified atom stereocenters. The molecule has 1 aromatic heterocycles. The van der Waals surface area contributed by atoms with Gasteiger partial charge in [-0.15, -0.1) is 0 Å². The Morgan fingerprint density at radius 3 is 3.00 bits per heavy atom. The minimum atomic E-state index is -0.608. The summed E-state index contributed by atoms with van der Waals surface area (Å²) in [5.74, 6) is 0.154. The normalized spacial score (nSPS) is 12.7. The van der Waals surface area contributed by atoms with E-state index in [2.05, 4.69) is 4.98 Å². The monoisotopic (exact) mass is 253 g/mol. The number of hydrogen-bond donors (Lipinski definition) is 1. The molecule has 90 valence electrons. The van der Waals surface area contributed by atoms with Crippen molar-refractivity contribution in [3.8, 4) is 0 Å². The fourth-order valence-corrected chi connectivity index (χ4v) is 1.95. The molecule has 1 heterocycles. The van der Waals surface area contributed by atoms with Crippen molar-refractivity contribution in [3.63, 3.8) is 0 Å². The summed E-state index contributed by atoms with van der Waals surface area (Å²) in [6.07, 6.45) is 3.47. The highest BCUT2D eigenvalue weighted by Crippen LogP contribution is 2.25. The first kappa shape index (κ1) is 12.1. The lowest BCUT2D eigenvalue weighted by Crippen LogP contribution is -2.18. The highest BCUT2D eigenvalue weighted by molar-refractivity contribution is 6.30. The molecule has 0 bridgehead atoms. The van der Waals surface area contributed by atoms with Crippen molar-refractivity contribution < 1.29 is 4.39 Å². The highest BCUT2D eigenvalue weighted by atomic mass is 35.5. The smallest absolute Gasteiger partial charge is 0.147 e. The van der Waals surface area contributed by atoms with Crippen LogP contribution in [0.15, 0.2) is 30.6 Å². The second-order valence-corrected chi connectivity index (χ2v) is 4.10. The summed E-state index contributed by atoms with van der Waals surface area (Å²) in [5.41, 5.74) is 6.38. The van der Waals surface area contributed by atoms with Crippen molar-refractivity contribution in [2.24, 2.45) is 5.73 Å². The molecular weight excluding hydrogens is 241 g/mol. The summed E-state index contributed by atoms with van der Waals surface area (Å²) in [6, 6.07) is 4.20. The number of rotatable bonds is 3. The molecule has 0 aliphatic rings. The largest absolute Gasteiger partial charge is 0.334 e. The summed E-state index contributed by atoms with van der Waals surface area (Å²) in [5, 5.41) is 0.0764. The zero-order valence-electron chi connectivity index (χ0n) is 9.40. The molecule has 1 aromatic carbocycles. The number of hydrogen-bond acceptors (Lipinski definition) is 2. The van der Waals surface area contributed by atoms with Gasteiger partial charge in [0, 0.05) is 24.5 Å². The Morgan fingerprint density at radius 2 is 2.29 bits per heavy atom. The Bertz CT molecular complexity index is 524. The van der Waals surface area contributed by atoms with Crippen LogP contribution in [-0.4, -0.2) is 9.55 Å². The van der Waals surface area contributed by atoms with Crippen molar-refractivity contribution >= 4 is 11.6 Å². The Morgan fingerprint density at radius 1 is 1.53 bits per heavy atom. The Balaban J connectivity index is 2.44. The van der Waals surface area contributed by atoms with Crippen LogP contribution in [0.5, 0.6) is 0 Å². The van der Waals surface area contributed by atoms with Gasteiger partial charge >= 0.3 is 0 Å². The van der Waals surface area contributed by atoms with E-state index in [1.165, 1.54) is 6.07 Å². The lowest BCUT2D eigenvalue weighted by molar-refractivity contribution is 0.581. The number of nitrogens with zero attached hydrogens (tertiary/aromatic N) is 2. The molecule has 0 saturated carbocycles. The van der Waals surface area contributed by atoms with Crippen LogP contribution in [0.4, 0.5) is 4.39 Å². The maximum atomic E-state index is 13.8. The molecule has 1 atom stereocenters. The molecule has 0 radical (unpaired) electrons. The summed E-state index contributed by atoms with van der Waals surface area (Å²) in [6.45, 7) is 2.72. The predicted octanol–water partition coefficient (Wildman–Crippen LogP) is 2.74. The molecular formula is C12H13ClFN3. The summed E-state index contributed by atoms with van der Waals surface area (Å²) in [4.78, 5) is 4.16. The molecule has 0 saturated heterocycles. The maximum Gasteiger partial charge on any atom is 0.147 e. The molecule has 2 aromatic rings. The third-order valence-corrected chi connectivity index (χ3v) is 2.97. The van der Waals surface area contributed by atoms with E-state index in [1.807, 2.05) is 17.7 Å². The number of benzene rings is 1. The molecule has 0 fully saturated rings. The van der Waals surface area contributed by atoms with E-state index in [-0.39, 0.29) is 5.02 Å². The van der Waals surface area contributed by atoms with Crippen LogP contribution in [0, 0.1) is 5.82 Å². The topological polar surface area (TPSA) is 43.8 Å². The van der Waals surface area contributed by atoms with Gasteiger partial charge in [0.1, 0.15) is 11.6 Å². The SMILES string of the molecule is CCn1ccnc1C(N)c1cccc(Cl)c1F. The van der Waals surface area contributed by atoms with E-state index in [0.29, 0.717) is 11.4 Å². The van der Waals surface area contributed by atoms with Crippen LogP contribution in [0.2, 0.25) is 5.02 Å². The molecule has 0 amide bonds. The van der Waals surface area contributed by atoms with Crippen LogP contribution in [-0.2, 0) is 6.54 Å². The van der Waals surface area contributed by atoms with Crippen molar-refractivity contribution in [1.82, 2.24) is 9.55 Å². The van der Waals surface area contributed by atoms with Crippen molar-refractivity contribution in [2.45, 2.75) is 19.5 Å². The summed E-state index contributed by atoms with van der Waals surface area (Å²) >= 11 is 5.74. The van der Waals surface area contributed by atoms with Gasteiger partial charge < -0.3 is 10.3 Å². The fourth-order valence-electron chi connectivity index (χ4n) is 1.77. The van der Waals surface area contributed by atoms with E-state index in [1.54, 1.807) is 18.3 Å². The third kappa shape index (κ3) is 2.18. The van der Waals surface area contributed by atoms with Crippen molar-refractivity contribution in [1.29, 1.82) is 0 Å². The van der Waals surface area contributed by atoms with E-state index < -0.39 is 11.9 Å². The number of imidazole rings is 1. The van der Waals surface area contributed by atoms with Crippen LogP contribution < -0.4 is 5.73 Å². The van der Waals surface area contributed by atoms with Crippen LogP contribution >= 0.6 is 11.6 Å². The number of nitrogens with two attached hydrogens (primary N) is 1. The molecule has 5 heteroatoms. The van der Waals surface area contributed by atoms with Gasteiger partial charge in [-0.2, -0.15) is 0 Å². The summed E-state index contributed by atoms with van der Waals surface area (Å²) < 4.78 is 15.7. The predicted molar refractivity (Wildman–Crippen MR) is 65.3 cm³/mol. The number of halogens is 2. The molecule has 17 heavy (non-hydrogen) atoms. The maximum absolute atomic E-state index is 13.8. The van der Waals surface area contributed by atoms with Gasteiger partial charge in [0.25, 0.3) is 0 Å². The average molecular weight is 254 g/mol. The van der Waals surface area contributed by atoms with E-state index in [4.69, 9.17) is 17.3 Å². The average Bonchev–Trinajstić information content (AvgIpc) is 2.80. The van der Waals surface area contributed by atoms with Gasteiger partial charge in [0.05, 0.1) is 11.1 Å². The van der Waals surface area contributed by atoms with Crippen molar-refractivity contribution in [3.05, 3.63) is 52.8 Å². The number of aryl methyl sites for hydroxylation is 1. The highest BCUT2D eigenvalue weighted by Gasteiger charge is 2.19. The quantitative estimate of drug-likeness (QED) is 0.914. The molecule has 2 N–H and O–H groups in total. The zero-order chi connectivity index (χ0) is 12.4. The van der Waals surface area contributed by atoms with Crippen LogP contribution in [0.3, 0.4) is 0 Å². The Hall–Kier alpha value is -1.39. The first-order valence-electron chi connectivity index (χ1n) is 5.35. The first-order valence-corrected chi connectivity index (χ1v) is 5.73. The molecule has 3 nitrogen and oxygen atoms in total. The van der Waals surface area contributed by atoms with Crippen molar-refractivity contribution in [2.75, 3.05) is 0 Å². The van der Waals surface area contributed by atoms with Gasteiger partial charge in [-0.05, 0) is 13.0 Å². The molecule has 2 rings (SSSR count). The van der Waals surface area contributed by atoms with Crippen LogP contribution in [0.1, 0.15) is 24.4 Å². The third-order valence-electron chi connectivity index (χ3n) is 2.68. The second-order valence-electron chi connectivity index (χ2n) is 3.69. The Labute approximate surface area is 104 Å². The Kier molecular flexibility index (Phi) is 3.45. The van der Waals surface area contributed by atoms with Gasteiger partial charge in [-0.25, -0.2) is 9.37 Å².